The van der Waals surface area contributed by atoms with Crippen LogP contribution in [-0.2, 0) is 11.5 Å². The van der Waals surface area contributed by atoms with Crippen molar-refractivity contribution in [1.29, 1.82) is 0 Å². The Labute approximate surface area is 125 Å². The Morgan fingerprint density at radius 2 is 2.00 bits per heavy atom. The molecule has 2 heterocycles. The van der Waals surface area contributed by atoms with Crippen LogP contribution in [0.15, 0.2) is 36.8 Å². The third kappa shape index (κ3) is 1.52. The molecule has 0 saturated heterocycles. The number of benzene rings is 1. The highest BCUT2D eigenvalue weighted by atomic mass is 16.5. The fourth-order valence-corrected chi connectivity index (χ4v) is 2.96. The van der Waals surface area contributed by atoms with Crippen LogP contribution in [-0.4, -0.2) is 33.2 Å². The summed E-state index contributed by atoms with van der Waals surface area (Å²) in [5.41, 5.74) is 1.92. The van der Waals surface area contributed by atoms with E-state index in [0.717, 1.165) is 10.9 Å². The SMILES string of the molecule is COCn1c2c(c3ccccc31)C(=O)c1cncnc1C2=O. The highest BCUT2D eigenvalue weighted by Crippen LogP contribution is 2.34. The molecule has 0 radical (unpaired) electrons. The Morgan fingerprint density at radius 1 is 1.18 bits per heavy atom. The number of aromatic nitrogens is 3. The van der Waals surface area contributed by atoms with Gasteiger partial charge in [-0.05, 0) is 6.07 Å². The quantitative estimate of drug-likeness (QED) is 0.563. The van der Waals surface area contributed by atoms with Crippen molar-refractivity contribution in [1.82, 2.24) is 14.5 Å². The first kappa shape index (κ1) is 12.8. The normalized spacial score (nSPS) is 13.3. The van der Waals surface area contributed by atoms with Crippen LogP contribution in [0.5, 0.6) is 0 Å². The zero-order valence-electron chi connectivity index (χ0n) is 11.7. The van der Waals surface area contributed by atoms with Gasteiger partial charge in [-0.2, -0.15) is 0 Å². The summed E-state index contributed by atoms with van der Waals surface area (Å²) in [6.07, 6.45) is 2.67. The molecule has 0 atom stereocenters. The molecule has 3 aromatic rings. The molecule has 1 aliphatic carbocycles. The van der Waals surface area contributed by atoms with Crippen molar-refractivity contribution in [2.24, 2.45) is 0 Å². The van der Waals surface area contributed by atoms with E-state index in [0.29, 0.717) is 11.3 Å². The van der Waals surface area contributed by atoms with Crippen molar-refractivity contribution < 1.29 is 14.3 Å². The van der Waals surface area contributed by atoms with Gasteiger partial charge in [0, 0.05) is 18.7 Å². The molecule has 0 fully saturated rings. The van der Waals surface area contributed by atoms with Gasteiger partial charge in [-0.1, -0.05) is 18.2 Å². The van der Waals surface area contributed by atoms with Crippen molar-refractivity contribution in [3.05, 3.63) is 59.3 Å². The predicted octanol–water partition coefficient (Wildman–Crippen LogP) is 1.81. The summed E-state index contributed by atoms with van der Waals surface area (Å²) in [5.74, 6) is -0.503. The summed E-state index contributed by atoms with van der Waals surface area (Å²) in [7, 11) is 1.55. The summed E-state index contributed by atoms with van der Waals surface area (Å²) in [6, 6.07) is 7.40. The Morgan fingerprint density at radius 3 is 2.82 bits per heavy atom. The van der Waals surface area contributed by atoms with Gasteiger partial charge >= 0.3 is 0 Å². The zero-order chi connectivity index (χ0) is 15.3. The lowest BCUT2D eigenvalue weighted by Gasteiger charge is -2.15. The zero-order valence-corrected chi connectivity index (χ0v) is 11.7. The molecule has 0 bridgehead atoms. The maximum atomic E-state index is 12.8. The lowest BCUT2D eigenvalue weighted by Crippen LogP contribution is -2.24. The van der Waals surface area contributed by atoms with E-state index in [9.17, 15) is 9.59 Å². The van der Waals surface area contributed by atoms with Gasteiger partial charge in [0.05, 0.1) is 16.6 Å². The number of hydrogen-bond donors (Lipinski definition) is 0. The van der Waals surface area contributed by atoms with E-state index in [1.807, 2.05) is 24.3 Å². The average molecular weight is 293 g/mol. The molecule has 0 spiro atoms. The van der Waals surface area contributed by atoms with Gasteiger partial charge in [0.15, 0.2) is 5.78 Å². The summed E-state index contributed by atoms with van der Waals surface area (Å²) in [5, 5.41) is 0.738. The van der Waals surface area contributed by atoms with Gasteiger partial charge in [0.2, 0.25) is 5.78 Å². The van der Waals surface area contributed by atoms with E-state index in [1.165, 1.54) is 12.5 Å². The highest BCUT2D eigenvalue weighted by molar-refractivity contribution is 6.31. The van der Waals surface area contributed by atoms with Crippen LogP contribution in [0.4, 0.5) is 0 Å². The maximum absolute atomic E-state index is 12.8. The van der Waals surface area contributed by atoms with Crippen LogP contribution >= 0.6 is 0 Å². The van der Waals surface area contributed by atoms with Gasteiger partial charge < -0.3 is 9.30 Å². The number of fused-ring (bicyclic) bond motifs is 4. The van der Waals surface area contributed by atoms with E-state index in [2.05, 4.69) is 9.97 Å². The summed E-state index contributed by atoms with van der Waals surface area (Å²) < 4.78 is 6.92. The number of carbonyl (C=O) groups is 2. The molecule has 0 unspecified atom stereocenters. The van der Waals surface area contributed by atoms with Crippen LogP contribution < -0.4 is 0 Å². The van der Waals surface area contributed by atoms with Crippen molar-refractivity contribution in [3.63, 3.8) is 0 Å². The van der Waals surface area contributed by atoms with E-state index in [4.69, 9.17) is 4.74 Å². The minimum absolute atomic E-state index is 0.146. The molecule has 108 valence electrons. The molecule has 2 aromatic heterocycles. The van der Waals surface area contributed by atoms with Gasteiger partial charge in [-0.25, -0.2) is 9.97 Å². The molecule has 22 heavy (non-hydrogen) atoms. The minimum atomic E-state index is -0.278. The molecule has 6 heteroatoms. The summed E-state index contributed by atoms with van der Waals surface area (Å²) >= 11 is 0. The van der Waals surface area contributed by atoms with E-state index in [-0.39, 0.29) is 29.6 Å². The van der Waals surface area contributed by atoms with Crippen LogP contribution in [0.25, 0.3) is 10.9 Å². The van der Waals surface area contributed by atoms with Crippen LogP contribution in [0.2, 0.25) is 0 Å². The summed E-state index contributed by atoms with van der Waals surface area (Å²) in [6.45, 7) is 0.190. The lowest BCUT2D eigenvalue weighted by atomic mass is 9.91. The molecular weight excluding hydrogens is 282 g/mol. The average Bonchev–Trinajstić information content (AvgIpc) is 2.88. The largest absolute Gasteiger partial charge is 0.364 e. The number of carbonyl (C=O) groups excluding carboxylic acids is 2. The van der Waals surface area contributed by atoms with Crippen molar-refractivity contribution in [2.75, 3.05) is 7.11 Å². The molecule has 0 saturated carbocycles. The Hall–Kier alpha value is -2.86. The second-order valence-corrected chi connectivity index (χ2v) is 5.03. The molecule has 4 rings (SSSR count). The fraction of sp³-hybridized carbons (Fsp3) is 0.125. The third-order valence-corrected chi connectivity index (χ3v) is 3.84. The molecule has 1 aromatic carbocycles. The van der Waals surface area contributed by atoms with Crippen LogP contribution in [0.3, 0.4) is 0 Å². The molecule has 0 amide bonds. The topological polar surface area (TPSA) is 74.1 Å². The second kappa shape index (κ2) is 4.57. The first-order valence-corrected chi connectivity index (χ1v) is 6.73. The molecule has 1 aliphatic rings. The number of methoxy groups -OCH3 is 1. The molecule has 0 N–H and O–H groups in total. The van der Waals surface area contributed by atoms with Crippen LogP contribution in [0.1, 0.15) is 32.1 Å². The van der Waals surface area contributed by atoms with Gasteiger partial charge in [0.25, 0.3) is 0 Å². The van der Waals surface area contributed by atoms with E-state index >= 15 is 0 Å². The molecular formula is C16H11N3O3. The number of ether oxygens (including phenoxy) is 1. The predicted molar refractivity (Wildman–Crippen MR) is 77.8 cm³/mol. The Balaban J connectivity index is 2.13. The first-order valence-electron chi connectivity index (χ1n) is 6.73. The van der Waals surface area contributed by atoms with Gasteiger partial charge in [-0.3, -0.25) is 9.59 Å². The number of rotatable bonds is 2. The monoisotopic (exact) mass is 293 g/mol. The Bertz CT molecular complexity index is 943. The number of para-hydroxylation sites is 1. The van der Waals surface area contributed by atoms with E-state index < -0.39 is 0 Å². The molecule has 6 nitrogen and oxygen atoms in total. The maximum Gasteiger partial charge on any atom is 0.229 e. The number of ketones is 2. The Kier molecular flexibility index (Phi) is 2.67. The van der Waals surface area contributed by atoms with Crippen molar-refractivity contribution in [2.45, 2.75) is 6.73 Å². The molecule has 0 aliphatic heterocycles. The van der Waals surface area contributed by atoms with Gasteiger partial charge in [-0.15, -0.1) is 0 Å². The number of hydrogen-bond acceptors (Lipinski definition) is 5. The third-order valence-electron chi connectivity index (χ3n) is 3.84. The van der Waals surface area contributed by atoms with Crippen molar-refractivity contribution >= 4 is 22.5 Å². The smallest absolute Gasteiger partial charge is 0.229 e. The first-order chi connectivity index (χ1) is 10.7. The second-order valence-electron chi connectivity index (χ2n) is 5.03. The van der Waals surface area contributed by atoms with E-state index in [1.54, 1.807) is 11.7 Å². The van der Waals surface area contributed by atoms with Crippen molar-refractivity contribution in [3.8, 4) is 0 Å². The van der Waals surface area contributed by atoms with Crippen LogP contribution in [0, 0.1) is 0 Å². The number of nitrogens with zero attached hydrogens (tertiary/aromatic N) is 3. The van der Waals surface area contributed by atoms with Gasteiger partial charge in [0.1, 0.15) is 24.4 Å². The highest BCUT2D eigenvalue weighted by Gasteiger charge is 2.36. The standard InChI is InChI=1S/C16H11N3O3/c1-22-8-19-11-5-3-2-4-9(11)12-14(19)16(21)13-10(15(12)20)6-17-7-18-13/h2-7H,8H2,1H3. The lowest BCUT2D eigenvalue weighted by molar-refractivity contribution is 0.0946. The minimum Gasteiger partial charge on any atom is -0.364 e. The fourth-order valence-electron chi connectivity index (χ4n) is 2.96. The summed E-state index contributed by atoms with van der Waals surface area (Å²) in [4.78, 5) is 33.4.